The number of aromatic nitrogens is 5. The summed E-state index contributed by atoms with van der Waals surface area (Å²) in [7, 11) is 0. The number of nitrogens with two attached hydrogens (primary N) is 1. The topological polar surface area (TPSA) is 112 Å². The van der Waals surface area contributed by atoms with E-state index in [-0.39, 0.29) is 17.6 Å². The second kappa shape index (κ2) is 11.8. The minimum absolute atomic E-state index is 0.0150. The zero-order valence-electron chi connectivity index (χ0n) is 17.8. The van der Waals surface area contributed by atoms with Gasteiger partial charge in [0.25, 0.3) is 5.88 Å². The van der Waals surface area contributed by atoms with Crippen molar-refractivity contribution in [2.45, 2.75) is 40.2 Å². The second-order valence-corrected chi connectivity index (χ2v) is 8.10. The molecule has 0 radical (unpaired) electrons. The molecule has 4 rings (SSSR count). The number of halogens is 1. The Morgan fingerprint density at radius 2 is 1.94 bits per heavy atom. The largest absolute Gasteiger partial charge is 0.475 e. The van der Waals surface area contributed by atoms with Crippen molar-refractivity contribution in [2.75, 3.05) is 17.7 Å². The Balaban J connectivity index is 0.000000286. The monoisotopic (exact) mass is 443 g/mol. The van der Waals surface area contributed by atoms with Crippen molar-refractivity contribution in [3.63, 3.8) is 0 Å². The van der Waals surface area contributed by atoms with E-state index < -0.39 is 5.82 Å². The van der Waals surface area contributed by atoms with Crippen molar-refractivity contribution >= 4 is 23.1 Å². The van der Waals surface area contributed by atoms with E-state index in [2.05, 4.69) is 57.2 Å². The van der Waals surface area contributed by atoms with Crippen molar-refractivity contribution in [3.8, 4) is 18.7 Å². The Kier molecular flexibility index (Phi) is 9.09. The molecule has 3 N–H and O–H groups in total. The summed E-state index contributed by atoms with van der Waals surface area (Å²) in [6, 6.07) is 2.01. The molecule has 1 aliphatic carbocycles. The molecule has 1 aliphatic rings. The maximum absolute atomic E-state index is 14.2. The fourth-order valence-electron chi connectivity index (χ4n) is 2.25. The van der Waals surface area contributed by atoms with Gasteiger partial charge in [-0.25, -0.2) is 0 Å². The molecule has 1 saturated carbocycles. The summed E-state index contributed by atoms with van der Waals surface area (Å²) in [5, 5.41) is 12.3. The van der Waals surface area contributed by atoms with Crippen LogP contribution in [0.3, 0.4) is 0 Å². The fourth-order valence-corrected chi connectivity index (χ4v) is 2.90. The molecule has 3 heterocycles. The van der Waals surface area contributed by atoms with Crippen LogP contribution in [0.1, 0.15) is 34.0 Å². The third kappa shape index (κ3) is 7.79. The molecule has 0 saturated heterocycles. The van der Waals surface area contributed by atoms with Crippen LogP contribution in [0.2, 0.25) is 0 Å². The lowest BCUT2D eigenvalue weighted by Gasteiger charge is -2.10. The van der Waals surface area contributed by atoms with Crippen molar-refractivity contribution in [1.82, 2.24) is 25.1 Å². The highest BCUT2D eigenvalue weighted by Crippen LogP contribution is 2.30. The Morgan fingerprint density at radius 1 is 1.19 bits per heavy atom. The number of hydrogen-bond donors (Lipinski definition) is 2. The Hall–Kier alpha value is -3.32. The maximum Gasteiger partial charge on any atom is 0.257 e. The molecule has 3 aromatic heterocycles. The van der Waals surface area contributed by atoms with E-state index >= 15 is 0 Å². The summed E-state index contributed by atoms with van der Waals surface area (Å²) in [4.78, 5) is 11.6. The van der Waals surface area contributed by atoms with E-state index in [1.165, 1.54) is 22.5 Å². The molecule has 1 fully saturated rings. The second-order valence-electron chi connectivity index (χ2n) is 6.83. The molecular formula is C21H26FN7OS. The molecule has 8 nitrogen and oxygen atoms in total. The highest BCUT2D eigenvalue weighted by Gasteiger charge is 2.24. The van der Waals surface area contributed by atoms with E-state index in [1.54, 1.807) is 0 Å². The first-order valence-corrected chi connectivity index (χ1v) is 10.4. The first-order chi connectivity index (χ1) is 14.9. The third-order valence-corrected chi connectivity index (χ3v) is 5.11. The highest BCUT2D eigenvalue weighted by atomic mass is 32.1. The van der Waals surface area contributed by atoms with Gasteiger partial charge in [-0.15, -0.1) is 23.0 Å². The Bertz CT molecular complexity index is 983. The SMILES string of the molecule is C#C.Cc1ccncc1C.Cc1nnc(CNc2nc(N)nc(OCC3CC3)c2F)s1. The minimum atomic E-state index is -0.633. The molecule has 0 atom stereocenters. The number of nitrogens with one attached hydrogen (secondary N) is 1. The third-order valence-electron chi connectivity index (χ3n) is 4.27. The van der Waals surface area contributed by atoms with Crippen LogP contribution in [-0.2, 0) is 6.54 Å². The van der Waals surface area contributed by atoms with E-state index in [0.717, 1.165) is 22.9 Å². The van der Waals surface area contributed by atoms with E-state index in [0.29, 0.717) is 19.1 Å². The predicted molar refractivity (Wildman–Crippen MR) is 120 cm³/mol. The summed E-state index contributed by atoms with van der Waals surface area (Å²) in [5.74, 6) is -0.253. The van der Waals surface area contributed by atoms with Crippen LogP contribution < -0.4 is 15.8 Å². The van der Waals surface area contributed by atoms with E-state index in [1.807, 2.05) is 25.4 Å². The average Bonchev–Trinajstić information content (AvgIpc) is 3.51. The molecule has 31 heavy (non-hydrogen) atoms. The number of nitrogen functional groups attached to an aromatic ring is 1. The van der Waals surface area contributed by atoms with Gasteiger partial charge in [0.2, 0.25) is 11.8 Å². The van der Waals surface area contributed by atoms with Crippen LogP contribution in [0.4, 0.5) is 16.2 Å². The number of terminal acetylenes is 1. The van der Waals surface area contributed by atoms with Crippen LogP contribution in [0.25, 0.3) is 0 Å². The van der Waals surface area contributed by atoms with Crippen molar-refractivity contribution < 1.29 is 9.13 Å². The van der Waals surface area contributed by atoms with Crippen LogP contribution in [0, 0.1) is 45.4 Å². The van der Waals surface area contributed by atoms with E-state index in [9.17, 15) is 4.39 Å². The number of ether oxygens (including phenoxy) is 1. The summed E-state index contributed by atoms with van der Waals surface area (Å²) < 4.78 is 19.6. The van der Waals surface area contributed by atoms with Crippen LogP contribution in [0.5, 0.6) is 5.88 Å². The standard InChI is InChI=1S/C12H15FN6OS.C7H9N.C2H2/c1-6-18-19-8(21-6)4-15-10-9(13)11(17-12(14)16-10)20-5-7-2-3-7;1-6-3-4-8-5-7(6)2;1-2/h7H,2-5H2,1H3,(H3,14,15,16,17);3-5H,1-2H3;1-2H. The van der Waals surface area contributed by atoms with Gasteiger partial charge >= 0.3 is 0 Å². The zero-order valence-corrected chi connectivity index (χ0v) is 18.6. The van der Waals surface area contributed by atoms with Gasteiger partial charge < -0.3 is 15.8 Å². The van der Waals surface area contributed by atoms with Crippen molar-refractivity contribution in [3.05, 3.63) is 45.4 Å². The lowest BCUT2D eigenvalue weighted by molar-refractivity contribution is 0.273. The maximum atomic E-state index is 14.2. The first kappa shape index (κ1) is 24.0. The minimum Gasteiger partial charge on any atom is -0.475 e. The van der Waals surface area contributed by atoms with Crippen LogP contribution >= 0.6 is 11.3 Å². The fraction of sp³-hybridized carbons (Fsp3) is 0.381. The summed E-state index contributed by atoms with van der Waals surface area (Å²) in [5.41, 5.74) is 8.15. The number of pyridine rings is 1. The number of nitrogens with zero attached hydrogens (tertiary/aromatic N) is 5. The molecule has 0 unspecified atom stereocenters. The van der Waals surface area contributed by atoms with Gasteiger partial charge in [-0.2, -0.15) is 14.4 Å². The lowest BCUT2D eigenvalue weighted by atomic mass is 10.2. The Labute approximate surface area is 185 Å². The number of aryl methyl sites for hydroxylation is 3. The molecule has 10 heteroatoms. The molecule has 0 amide bonds. The lowest BCUT2D eigenvalue weighted by Crippen LogP contribution is -2.11. The zero-order chi connectivity index (χ0) is 22.8. The molecular weight excluding hydrogens is 417 g/mol. The molecule has 0 spiro atoms. The summed E-state index contributed by atoms with van der Waals surface area (Å²) >= 11 is 1.43. The summed E-state index contributed by atoms with van der Waals surface area (Å²) in [6.45, 7) is 6.77. The molecule has 3 aromatic rings. The molecule has 164 valence electrons. The number of hydrogen-bond acceptors (Lipinski definition) is 9. The first-order valence-electron chi connectivity index (χ1n) is 9.61. The van der Waals surface area contributed by atoms with Crippen LogP contribution in [-0.4, -0.2) is 31.8 Å². The van der Waals surface area contributed by atoms with Gasteiger partial charge in [-0.1, -0.05) is 11.3 Å². The number of anilines is 2. The van der Waals surface area contributed by atoms with Crippen molar-refractivity contribution in [2.24, 2.45) is 5.92 Å². The number of rotatable bonds is 6. The van der Waals surface area contributed by atoms with Crippen LogP contribution in [0.15, 0.2) is 18.5 Å². The summed E-state index contributed by atoms with van der Waals surface area (Å²) in [6.07, 6.45) is 13.9. The molecule has 0 bridgehead atoms. The van der Waals surface area contributed by atoms with E-state index in [4.69, 9.17) is 10.5 Å². The van der Waals surface area contributed by atoms with Gasteiger partial charge in [-0.3, -0.25) is 4.98 Å². The average molecular weight is 444 g/mol. The van der Waals surface area contributed by atoms with Gasteiger partial charge in [-0.05, 0) is 56.7 Å². The van der Waals surface area contributed by atoms with Crippen molar-refractivity contribution in [1.29, 1.82) is 0 Å². The Morgan fingerprint density at radius 3 is 2.48 bits per heavy atom. The highest BCUT2D eigenvalue weighted by molar-refractivity contribution is 7.11. The smallest absolute Gasteiger partial charge is 0.257 e. The predicted octanol–water partition coefficient (Wildman–Crippen LogP) is 3.71. The quantitative estimate of drug-likeness (QED) is 0.555. The molecule has 0 aromatic carbocycles. The van der Waals surface area contributed by atoms with Gasteiger partial charge in [0.15, 0.2) is 5.82 Å². The normalized spacial score (nSPS) is 12.1. The molecule has 0 aliphatic heterocycles. The van der Waals surface area contributed by atoms with Gasteiger partial charge in [0, 0.05) is 12.4 Å². The van der Waals surface area contributed by atoms with Gasteiger partial charge in [0.05, 0.1) is 13.2 Å². The van der Waals surface area contributed by atoms with Gasteiger partial charge in [0.1, 0.15) is 10.0 Å².